The number of hydrogen-bond donors (Lipinski definition) is 0. The van der Waals surface area contributed by atoms with E-state index in [1.54, 1.807) is 0 Å². The quantitative estimate of drug-likeness (QED) is 0.790. The van der Waals surface area contributed by atoms with E-state index >= 15 is 0 Å². The van der Waals surface area contributed by atoms with Crippen molar-refractivity contribution in [3.05, 3.63) is 59.8 Å². The molecule has 2 saturated heterocycles. The van der Waals surface area contributed by atoms with Gasteiger partial charge in [-0.05, 0) is 55.5 Å². The summed E-state index contributed by atoms with van der Waals surface area (Å²) in [5, 5.41) is 0. The molecule has 3 atom stereocenters. The number of carbonyl (C=O) groups is 1. The first-order chi connectivity index (χ1) is 14.2. The largest absolute Gasteiger partial charge is 0.353 e. The minimum absolute atomic E-state index is 0.132. The molecule has 1 aliphatic carbocycles. The molecule has 0 radical (unpaired) electrons. The minimum atomic E-state index is 0.132. The van der Waals surface area contributed by atoms with Crippen LogP contribution in [-0.2, 0) is 17.6 Å². The molecule has 1 amide bonds. The summed E-state index contributed by atoms with van der Waals surface area (Å²) in [5.41, 5.74) is 2.98. The van der Waals surface area contributed by atoms with Crippen molar-refractivity contribution in [1.29, 1.82) is 0 Å². The number of pyridine rings is 1. The van der Waals surface area contributed by atoms with Crippen molar-refractivity contribution in [2.75, 3.05) is 44.7 Å². The zero-order valence-electron chi connectivity index (χ0n) is 17.2. The monoisotopic (exact) mass is 390 g/mol. The molecule has 2 aliphatic heterocycles. The van der Waals surface area contributed by atoms with Crippen molar-refractivity contribution in [2.45, 2.75) is 25.3 Å². The van der Waals surface area contributed by atoms with Crippen molar-refractivity contribution in [3.63, 3.8) is 0 Å². The van der Waals surface area contributed by atoms with E-state index in [9.17, 15) is 4.79 Å². The zero-order valence-corrected chi connectivity index (χ0v) is 17.2. The molecule has 1 aromatic heterocycles. The average Bonchev–Trinajstić information content (AvgIpc) is 2.78. The highest BCUT2D eigenvalue weighted by Crippen LogP contribution is 2.37. The van der Waals surface area contributed by atoms with Gasteiger partial charge in [-0.2, -0.15) is 0 Å². The topological polar surface area (TPSA) is 39.7 Å². The van der Waals surface area contributed by atoms with E-state index in [2.05, 4.69) is 57.1 Å². The fourth-order valence-corrected chi connectivity index (χ4v) is 5.58. The Balaban J connectivity index is 1.23. The first-order valence-electron chi connectivity index (χ1n) is 10.9. The van der Waals surface area contributed by atoms with Crippen molar-refractivity contribution < 1.29 is 4.79 Å². The number of likely N-dealkylation sites (tertiary alicyclic amines) is 1. The molecule has 2 aromatic rings. The highest BCUT2D eigenvalue weighted by Gasteiger charge is 2.41. The van der Waals surface area contributed by atoms with Crippen LogP contribution < -0.4 is 4.90 Å². The van der Waals surface area contributed by atoms with Crippen LogP contribution in [0.1, 0.15) is 17.5 Å². The average molecular weight is 391 g/mol. The van der Waals surface area contributed by atoms with Gasteiger partial charge in [0.2, 0.25) is 5.91 Å². The molecule has 2 fully saturated rings. The number of likely N-dealkylation sites (N-methyl/N-ethyl adjacent to an activating group) is 1. The Bertz CT molecular complexity index is 862. The summed E-state index contributed by atoms with van der Waals surface area (Å²) in [5.74, 6) is 2.09. The predicted octanol–water partition coefficient (Wildman–Crippen LogP) is 2.47. The highest BCUT2D eigenvalue weighted by molar-refractivity contribution is 5.79. The third-order valence-corrected chi connectivity index (χ3v) is 7.15. The van der Waals surface area contributed by atoms with E-state index in [-0.39, 0.29) is 5.92 Å². The molecule has 152 valence electrons. The van der Waals surface area contributed by atoms with Gasteiger partial charge in [-0.1, -0.05) is 30.3 Å². The van der Waals surface area contributed by atoms with Crippen molar-refractivity contribution in [2.24, 2.45) is 11.8 Å². The van der Waals surface area contributed by atoms with Crippen molar-refractivity contribution >= 4 is 11.7 Å². The van der Waals surface area contributed by atoms with E-state index in [0.29, 0.717) is 17.9 Å². The molecule has 0 N–H and O–H groups in total. The van der Waals surface area contributed by atoms with Gasteiger partial charge in [0.05, 0.1) is 5.92 Å². The normalized spacial score (nSPS) is 27.3. The first-order valence-corrected chi connectivity index (χ1v) is 10.9. The fourth-order valence-electron chi connectivity index (χ4n) is 5.58. The van der Waals surface area contributed by atoms with Gasteiger partial charge in [-0.25, -0.2) is 4.98 Å². The number of fused-ring (bicyclic) bond motifs is 2. The Morgan fingerprint density at radius 3 is 2.41 bits per heavy atom. The Hall–Kier alpha value is -2.40. The van der Waals surface area contributed by atoms with Crippen LogP contribution in [0.4, 0.5) is 5.82 Å². The Kier molecular flexibility index (Phi) is 5.00. The first kappa shape index (κ1) is 18.6. The van der Waals surface area contributed by atoms with Gasteiger partial charge >= 0.3 is 0 Å². The fraction of sp³-hybridized carbons (Fsp3) is 0.500. The van der Waals surface area contributed by atoms with Gasteiger partial charge in [-0.15, -0.1) is 0 Å². The second-order valence-corrected chi connectivity index (χ2v) is 8.88. The standard InChI is InChI=1S/C24H30N4O/c1-26-17-21(15-20-14-18-6-2-3-7-19(18)16-22(20)26)24(29)28-12-10-27(11-13-28)23-8-4-5-9-25-23/h2-9,20-22H,10-17H2,1H3/t20-,21+,22+/m0/s1. The number of carbonyl (C=O) groups excluding carboxylic acids is 1. The number of hydrogen-bond acceptors (Lipinski definition) is 4. The summed E-state index contributed by atoms with van der Waals surface area (Å²) in [6.45, 7) is 4.22. The molecule has 29 heavy (non-hydrogen) atoms. The molecule has 5 heteroatoms. The van der Waals surface area contributed by atoms with Gasteiger partial charge in [-0.3, -0.25) is 4.79 Å². The molecule has 5 nitrogen and oxygen atoms in total. The second-order valence-electron chi connectivity index (χ2n) is 8.88. The van der Waals surface area contributed by atoms with Crippen LogP contribution in [-0.4, -0.2) is 66.5 Å². The molecule has 3 aliphatic rings. The van der Waals surface area contributed by atoms with Crippen LogP contribution in [0.5, 0.6) is 0 Å². The number of aromatic nitrogens is 1. The van der Waals surface area contributed by atoms with Crippen LogP contribution in [0, 0.1) is 11.8 Å². The predicted molar refractivity (Wildman–Crippen MR) is 115 cm³/mol. The van der Waals surface area contributed by atoms with E-state index in [4.69, 9.17) is 0 Å². The minimum Gasteiger partial charge on any atom is -0.353 e. The van der Waals surface area contributed by atoms with Crippen LogP contribution in [0.25, 0.3) is 0 Å². The summed E-state index contributed by atoms with van der Waals surface area (Å²) >= 11 is 0. The van der Waals surface area contributed by atoms with Crippen LogP contribution in [0.15, 0.2) is 48.7 Å². The number of piperidine rings is 1. The Morgan fingerprint density at radius 2 is 1.69 bits per heavy atom. The van der Waals surface area contributed by atoms with E-state index in [1.807, 2.05) is 18.3 Å². The van der Waals surface area contributed by atoms with Crippen molar-refractivity contribution in [3.8, 4) is 0 Å². The zero-order chi connectivity index (χ0) is 19.8. The summed E-state index contributed by atoms with van der Waals surface area (Å²) in [6.07, 6.45) is 5.11. The number of benzene rings is 1. The van der Waals surface area contributed by atoms with Gasteiger partial charge < -0.3 is 14.7 Å². The molecular weight excluding hydrogens is 360 g/mol. The van der Waals surface area contributed by atoms with Crippen LogP contribution in [0.3, 0.4) is 0 Å². The van der Waals surface area contributed by atoms with E-state index in [0.717, 1.165) is 57.8 Å². The summed E-state index contributed by atoms with van der Waals surface area (Å²) in [4.78, 5) is 24.6. The lowest BCUT2D eigenvalue weighted by atomic mass is 9.72. The van der Waals surface area contributed by atoms with Crippen molar-refractivity contribution in [1.82, 2.24) is 14.8 Å². The lowest BCUT2D eigenvalue weighted by Crippen LogP contribution is -2.56. The molecule has 0 unspecified atom stereocenters. The van der Waals surface area contributed by atoms with E-state index in [1.165, 1.54) is 11.1 Å². The lowest BCUT2D eigenvalue weighted by Gasteiger charge is -2.47. The molecule has 3 heterocycles. The summed E-state index contributed by atoms with van der Waals surface area (Å²) in [6, 6.07) is 15.4. The maximum absolute atomic E-state index is 13.3. The number of piperazine rings is 1. The van der Waals surface area contributed by atoms with Crippen LogP contribution in [0.2, 0.25) is 0 Å². The third-order valence-electron chi connectivity index (χ3n) is 7.15. The van der Waals surface area contributed by atoms with Gasteiger partial charge in [0.25, 0.3) is 0 Å². The number of amides is 1. The second kappa shape index (κ2) is 7.79. The third kappa shape index (κ3) is 3.64. The SMILES string of the molecule is CN1C[C@H](C(=O)N2CCN(c3ccccn3)CC2)C[C@@H]2Cc3ccccc3C[C@H]21. The molecule has 5 rings (SSSR count). The van der Waals surface area contributed by atoms with Gasteiger partial charge in [0.15, 0.2) is 0 Å². The molecule has 0 spiro atoms. The van der Waals surface area contributed by atoms with Crippen LogP contribution >= 0.6 is 0 Å². The number of anilines is 1. The number of nitrogens with zero attached hydrogens (tertiary/aromatic N) is 4. The Labute approximate surface area is 173 Å². The van der Waals surface area contributed by atoms with Gasteiger partial charge in [0, 0.05) is 45.0 Å². The molecular formula is C24H30N4O. The van der Waals surface area contributed by atoms with E-state index < -0.39 is 0 Å². The summed E-state index contributed by atoms with van der Waals surface area (Å²) in [7, 11) is 2.21. The maximum Gasteiger partial charge on any atom is 0.227 e. The lowest BCUT2D eigenvalue weighted by molar-refractivity contribution is -0.139. The number of rotatable bonds is 2. The molecule has 1 aromatic carbocycles. The maximum atomic E-state index is 13.3. The Morgan fingerprint density at radius 1 is 0.966 bits per heavy atom. The highest BCUT2D eigenvalue weighted by atomic mass is 16.2. The van der Waals surface area contributed by atoms with Gasteiger partial charge in [0.1, 0.15) is 5.82 Å². The smallest absolute Gasteiger partial charge is 0.227 e. The molecule has 0 bridgehead atoms. The summed E-state index contributed by atoms with van der Waals surface area (Å²) < 4.78 is 0. The molecule has 0 saturated carbocycles.